The standard InChI is InChI=1S/C17H17N5O3/c1-10(23)16-13-6-11(12-7-18-17(19-8-12)21(2)3)4-5-14(13)22(20-16)9-15(24)25/h4-8H,9H2,1-3H3,(H,24,25). The fraction of sp³-hybridized carbons (Fsp3) is 0.235. The molecule has 1 aromatic carbocycles. The molecule has 0 aliphatic heterocycles. The van der Waals surface area contributed by atoms with Gasteiger partial charge in [0.2, 0.25) is 5.95 Å². The number of carboxylic acids is 1. The van der Waals surface area contributed by atoms with Crippen LogP contribution in [0.1, 0.15) is 17.4 Å². The van der Waals surface area contributed by atoms with Gasteiger partial charge in [0.05, 0.1) is 5.52 Å². The molecular weight excluding hydrogens is 322 g/mol. The molecule has 0 aliphatic rings. The summed E-state index contributed by atoms with van der Waals surface area (Å²) in [4.78, 5) is 33.2. The molecule has 0 saturated heterocycles. The summed E-state index contributed by atoms with van der Waals surface area (Å²) in [5.41, 5.74) is 2.48. The largest absolute Gasteiger partial charge is 0.480 e. The fourth-order valence-electron chi connectivity index (χ4n) is 2.57. The molecule has 0 atom stereocenters. The molecule has 0 fully saturated rings. The first-order valence-electron chi connectivity index (χ1n) is 7.60. The zero-order valence-corrected chi connectivity index (χ0v) is 14.1. The summed E-state index contributed by atoms with van der Waals surface area (Å²) in [6, 6.07) is 5.40. The molecule has 128 valence electrons. The van der Waals surface area contributed by atoms with E-state index in [1.54, 1.807) is 23.4 Å². The van der Waals surface area contributed by atoms with Crippen molar-refractivity contribution in [1.82, 2.24) is 19.7 Å². The highest BCUT2D eigenvalue weighted by atomic mass is 16.4. The van der Waals surface area contributed by atoms with Crippen LogP contribution in [0.2, 0.25) is 0 Å². The molecule has 0 bridgehead atoms. The summed E-state index contributed by atoms with van der Waals surface area (Å²) in [6.07, 6.45) is 3.41. The van der Waals surface area contributed by atoms with Crippen LogP contribution in [0.25, 0.3) is 22.0 Å². The summed E-state index contributed by atoms with van der Waals surface area (Å²) in [5, 5.41) is 13.8. The topological polar surface area (TPSA) is 101 Å². The Hall–Kier alpha value is -3.29. The molecule has 0 saturated carbocycles. The first kappa shape index (κ1) is 16.6. The molecular formula is C17H17N5O3. The Morgan fingerprint density at radius 2 is 1.84 bits per heavy atom. The van der Waals surface area contributed by atoms with E-state index in [1.165, 1.54) is 11.6 Å². The number of Topliss-reactive ketones (excluding diaryl/α,β-unsaturated/α-hetero) is 1. The minimum absolute atomic E-state index is 0.217. The van der Waals surface area contributed by atoms with Gasteiger partial charge in [-0.3, -0.25) is 14.3 Å². The van der Waals surface area contributed by atoms with Crippen molar-refractivity contribution in [2.75, 3.05) is 19.0 Å². The summed E-state index contributed by atoms with van der Waals surface area (Å²) >= 11 is 0. The highest BCUT2D eigenvalue weighted by molar-refractivity contribution is 6.06. The normalized spacial score (nSPS) is 10.8. The first-order valence-corrected chi connectivity index (χ1v) is 7.60. The van der Waals surface area contributed by atoms with E-state index in [0.29, 0.717) is 16.9 Å². The number of nitrogens with zero attached hydrogens (tertiary/aromatic N) is 5. The Bertz CT molecular complexity index is 960. The van der Waals surface area contributed by atoms with Crippen molar-refractivity contribution in [3.63, 3.8) is 0 Å². The number of rotatable bonds is 5. The van der Waals surface area contributed by atoms with Gasteiger partial charge in [-0.15, -0.1) is 0 Å². The molecule has 2 aromatic heterocycles. The van der Waals surface area contributed by atoms with E-state index in [-0.39, 0.29) is 18.0 Å². The Morgan fingerprint density at radius 3 is 2.40 bits per heavy atom. The second-order valence-electron chi connectivity index (χ2n) is 5.85. The highest BCUT2D eigenvalue weighted by Gasteiger charge is 2.16. The van der Waals surface area contributed by atoms with Crippen LogP contribution in [0.4, 0.5) is 5.95 Å². The average molecular weight is 339 g/mol. The van der Waals surface area contributed by atoms with Gasteiger partial charge in [-0.1, -0.05) is 6.07 Å². The van der Waals surface area contributed by atoms with E-state index in [9.17, 15) is 9.59 Å². The second kappa shape index (κ2) is 6.31. The number of hydrogen-bond acceptors (Lipinski definition) is 6. The molecule has 3 aromatic rings. The third kappa shape index (κ3) is 3.18. The molecule has 3 rings (SSSR count). The van der Waals surface area contributed by atoms with Crippen molar-refractivity contribution in [3.8, 4) is 11.1 Å². The number of aromatic nitrogens is 4. The van der Waals surface area contributed by atoms with E-state index in [2.05, 4.69) is 15.1 Å². The monoisotopic (exact) mass is 339 g/mol. The third-order valence-electron chi connectivity index (χ3n) is 3.74. The van der Waals surface area contributed by atoms with Crippen molar-refractivity contribution in [2.45, 2.75) is 13.5 Å². The van der Waals surface area contributed by atoms with Crippen LogP contribution < -0.4 is 4.90 Å². The predicted molar refractivity (Wildman–Crippen MR) is 92.7 cm³/mol. The molecule has 0 amide bonds. The molecule has 0 spiro atoms. The molecule has 8 heteroatoms. The smallest absolute Gasteiger partial charge is 0.325 e. The van der Waals surface area contributed by atoms with E-state index in [4.69, 9.17) is 5.11 Å². The van der Waals surface area contributed by atoms with Gasteiger partial charge in [0, 0.05) is 44.4 Å². The lowest BCUT2D eigenvalue weighted by molar-refractivity contribution is -0.137. The SMILES string of the molecule is CC(=O)c1nn(CC(=O)O)c2ccc(-c3cnc(N(C)C)nc3)cc12. The van der Waals surface area contributed by atoms with Crippen molar-refractivity contribution < 1.29 is 14.7 Å². The van der Waals surface area contributed by atoms with Gasteiger partial charge in [0.15, 0.2) is 5.78 Å². The summed E-state index contributed by atoms with van der Waals surface area (Å²) < 4.78 is 1.32. The summed E-state index contributed by atoms with van der Waals surface area (Å²) in [5.74, 6) is -0.634. The highest BCUT2D eigenvalue weighted by Crippen LogP contribution is 2.26. The van der Waals surface area contributed by atoms with Crippen molar-refractivity contribution in [1.29, 1.82) is 0 Å². The van der Waals surface area contributed by atoms with E-state index in [0.717, 1.165) is 11.1 Å². The Balaban J connectivity index is 2.11. The number of ketones is 1. The number of benzene rings is 1. The van der Waals surface area contributed by atoms with Crippen LogP contribution >= 0.6 is 0 Å². The molecule has 0 aliphatic carbocycles. The summed E-state index contributed by atoms with van der Waals surface area (Å²) in [6.45, 7) is 1.11. The van der Waals surface area contributed by atoms with Gasteiger partial charge in [0.1, 0.15) is 12.2 Å². The number of aliphatic carboxylic acids is 1. The van der Waals surface area contributed by atoms with E-state index in [1.807, 2.05) is 26.2 Å². The fourth-order valence-corrected chi connectivity index (χ4v) is 2.57. The Labute approximate surface area is 143 Å². The molecule has 25 heavy (non-hydrogen) atoms. The molecule has 8 nitrogen and oxygen atoms in total. The minimum atomic E-state index is -1.02. The van der Waals surface area contributed by atoms with Crippen LogP contribution in [0.15, 0.2) is 30.6 Å². The van der Waals surface area contributed by atoms with Crippen LogP contribution in [0, 0.1) is 0 Å². The van der Waals surface area contributed by atoms with E-state index < -0.39 is 5.97 Å². The average Bonchev–Trinajstić information content (AvgIpc) is 2.92. The molecule has 0 radical (unpaired) electrons. The van der Waals surface area contributed by atoms with Gasteiger partial charge < -0.3 is 10.0 Å². The quantitative estimate of drug-likeness (QED) is 0.708. The van der Waals surface area contributed by atoms with Crippen LogP contribution in [0.3, 0.4) is 0 Å². The zero-order chi connectivity index (χ0) is 18.1. The zero-order valence-electron chi connectivity index (χ0n) is 14.1. The number of fused-ring (bicyclic) bond motifs is 1. The number of carbonyl (C=O) groups is 2. The maximum Gasteiger partial charge on any atom is 0.325 e. The van der Waals surface area contributed by atoms with Crippen molar-refractivity contribution in [3.05, 3.63) is 36.3 Å². The van der Waals surface area contributed by atoms with Crippen molar-refractivity contribution >= 4 is 28.6 Å². The maximum absolute atomic E-state index is 11.9. The first-order chi connectivity index (χ1) is 11.9. The lowest BCUT2D eigenvalue weighted by atomic mass is 10.0. The molecule has 1 N–H and O–H groups in total. The third-order valence-corrected chi connectivity index (χ3v) is 3.74. The van der Waals surface area contributed by atoms with Crippen molar-refractivity contribution in [2.24, 2.45) is 0 Å². The Morgan fingerprint density at radius 1 is 1.16 bits per heavy atom. The van der Waals surface area contributed by atoms with Crippen LogP contribution in [-0.4, -0.2) is 50.7 Å². The molecule has 2 heterocycles. The van der Waals surface area contributed by atoms with E-state index >= 15 is 0 Å². The van der Waals surface area contributed by atoms with Gasteiger partial charge in [-0.25, -0.2) is 9.97 Å². The lowest BCUT2D eigenvalue weighted by Gasteiger charge is -2.10. The van der Waals surface area contributed by atoms with Gasteiger partial charge in [-0.2, -0.15) is 5.10 Å². The van der Waals surface area contributed by atoms with Gasteiger partial charge >= 0.3 is 5.97 Å². The summed E-state index contributed by atoms with van der Waals surface area (Å²) in [7, 11) is 3.72. The number of hydrogen-bond donors (Lipinski definition) is 1. The lowest BCUT2D eigenvalue weighted by Crippen LogP contribution is -2.12. The number of carboxylic acid groups (broad SMARTS) is 1. The second-order valence-corrected chi connectivity index (χ2v) is 5.85. The van der Waals surface area contributed by atoms with Crippen LogP contribution in [-0.2, 0) is 11.3 Å². The maximum atomic E-state index is 11.9. The van der Waals surface area contributed by atoms with Gasteiger partial charge in [0.25, 0.3) is 0 Å². The predicted octanol–water partition coefficient (Wildman–Crippen LogP) is 1.85. The van der Waals surface area contributed by atoms with Crippen LogP contribution in [0.5, 0.6) is 0 Å². The minimum Gasteiger partial charge on any atom is -0.480 e. The van der Waals surface area contributed by atoms with Gasteiger partial charge in [-0.05, 0) is 17.7 Å². The Kier molecular flexibility index (Phi) is 4.18. The molecule has 0 unspecified atom stereocenters. The number of carbonyl (C=O) groups excluding carboxylic acids is 1. The number of anilines is 1.